The lowest BCUT2D eigenvalue weighted by atomic mass is 10.4. The van der Waals surface area contributed by atoms with Crippen molar-refractivity contribution >= 4 is 15.9 Å². The van der Waals surface area contributed by atoms with Crippen molar-refractivity contribution in [2.24, 2.45) is 0 Å². The molecule has 14 heavy (non-hydrogen) atoms. The minimum absolute atomic E-state index is 0.349. The molecule has 1 N–H and O–H groups in total. The van der Waals surface area contributed by atoms with Gasteiger partial charge < -0.3 is 0 Å². The molecular weight excluding hydrogens is 248 g/mol. The van der Waals surface area contributed by atoms with Crippen LogP contribution in [-0.4, -0.2) is 9.55 Å². The number of rotatable bonds is 2. The molecule has 1 aromatic rings. The van der Waals surface area contributed by atoms with Gasteiger partial charge in [-0.1, -0.05) is 0 Å². The molecule has 0 aliphatic rings. The molecule has 0 atom stereocenters. The summed E-state index contributed by atoms with van der Waals surface area (Å²) in [6, 6.07) is 0. The van der Waals surface area contributed by atoms with Gasteiger partial charge in [0.1, 0.15) is 0 Å². The predicted octanol–water partition coefficient (Wildman–Crippen LogP) is 0.712. The number of H-pyrrole nitrogens is 1. The minimum atomic E-state index is -0.409. The van der Waals surface area contributed by atoms with Crippen molar-refractivity contribution in [3.05, 3.63) is 31.5 Å². The summed E-state index contributed by atoms with van der Waals surface area (Å²) in [6.45, 7) is 2.22. The Morgan fingerprint density at radius 3 is 2.93 bits per heavy atom. The standard InChI is InChI=1S/C9H9BrN2O2/c1-2-3-4-5-12-6-7(10)8(13)11-9(12)14/h6H,4-5H2,1H3,(H,11,13,14). The second-order valence-corrected chi connectivity index (χ2v) is 3.46. The normalized spacial score (nSPS) is 9.29. The second-order valence-electron chi connectivity index (χ2n) is 2.61. The quantitative estimate of drug-likeness (QED) is 0.793. The Hall–Kier alpha value is -1.28. The molecule has 0 radical (unpaired) electrons. The van der Waals surface area contributed by atoms with E-state index in [-0.39, 0.29) is 0 Å². The Kier molecular flexibility index (Phi) is 3.72. The molecule has 0 aromatic carbocycles. The van der Waals surface area contributed by atoms with Crippen molar-refractivity contribution in [1.82, 2.24) is 9.55 Å². The Morgan fingerprint density at radius 1 is 1.57 bits per heavy atom. The number of hydrogen-bond donors (Lipinski definition) is 1. The van der Waals surface area contributed by atoms with Crippen molar-refractivity contribution in [3.8, 4) is 11.8 Å². The summed E-state index contributed by atoms with van der Waals surface area (Å²) in [5.41, 5.74) is -0.816. The Morgan fingerprint density at radius 2 is 2.29 bits per heavy atom. The first kappa shape index (κ1) is 10.8. The number of nitrogens with zero attached hydrogens (tertiary/aromatic N) is 1. The van der Waals surface area contributed by atoms with E-state index in [0.717, 1.165) is 0 Å². The molecule has 0 aliphatic carbocycles. The van der Waals surface area contributed by atoms with Crippen LogP contribution in [0.3, 0.4) is 0 Å². The van der Waals surface area contributed by atoms with E-state index in [0.29, 0.717) is 17.4 Å². The van der Waals surface area contributed by atoms with Gasteiger partial charge in [0.15, 0.2) is 0 Å². The summed E-state index contributed by atoms with van der Waals surface area (Å²) in [5.74, 6) is 5.58. The average molecular weight is 257 g/mol. The van der Waals surface area contributed by atoms with Crippen molar-refractivity contribution in [2.75, 3.05) is 0 Å². The van der Waals surface area contributed by atoms with Gasteiger partial charge in [0.05, 0.1) is 4.47 Å². The maximum atomic E-state index is 11.2. The molecule has 1 rings (SSSR count). The summed E-state index contributed by atoms with van der Waals surface area (Å²) in [5, 5.41) is 0. The van der Waals surface area contributed by atoms with E-state index in [1.165, 1.54) is 10.8 Å². The molecule has 0 saturated heterocycles. The molecule has 0 bridgehead atoms. The third-order valence-corrected chi connectivity index (χ3v) is 2.19. The molecule has 0 fully saturated rings. The van der Waals surface area contributed by atoms with E-state index < -0.39 is 11.2 Å². The van der Waals surface area contributed by atoms with Crippen LogP contribution in [-0.2, 0) is 6.54 Å². The Balaban J connectivity index is 2.97. The van der Waals surface area contributed by atoms with Crippen LogP contribution in [0.1, 0.15) is 13.3 Å². The molecule has 0 unspecified atom stereocenters. The third-order valence-electron chi connectivity index (χ3n) is 1.62. The molecule has 74 valence electrons. The fraction of sp³-hybridized carbons (Fsp3) is 0.333. The molecule has 0 amide bonds. The van der Waals surface area contributed by atoms with Gasteiger partial charge in [-0.2, -0.15) is 0 Å². The van der Waals surface area contributed by atoms with Crippen LogP contribution in [0.4, 0.5) is 0 Å². The summed E-state index contributed by atoms with van der Waals surface area (Å²) in [4.78, 5) is 24.4. The SMILES string of the molecule is CC#CCCn1cc(Br)c(=O)[nH]c1=O. The van der Waals surface area contributed by atoms with Crippen molar-refractivity contribution in [2.45, 2.75) is 19.9 Å². The van der Waals surface area contributed by atoms with Crippen LogP contribution in [0.2, 0.25) is 0 Å². The van der Waals surface area contributed by atoms with E-state index in [4.69, 9.17) is 0 Å². The summed E-state index contributed by atoms with van der Waals surface area (Å²) < 4.78 is 1.76. The number of nitrogens with one attached hydrogen (secondary N) is 1. The van der Waals surface area contributed by atoms with E-state index in [1.54, 1.807) is 6.92 Å². The number of halogens is 1. The van der Waals surface area contributed by atoms with Gasteiger partial charge in [0, 0.05) is 19.2 Å². The lowest BCUT2D eigenvalue weighted by molar-refractivity contribution is 0.658. The first-order valence-corrected chi connectivity index (χ1v) is 4.83. The van der Waals surface area contributed by atoms with Crippen LogP contribution in [0.15, 0.2) is 20.3 Å². The van der Waals surface area contributed by atoms with Gasteiger partial charge in [0.2, 0.25) is 0 Å². The van der Waals surface area contributed by atoms with Gasteiger partial charge in [-0.25, -0.2) is 4.79 Å². The maximum Gasteiger partial charge on any atom is 0.328 e. The first-order chi connectivity index (χ1) is 6.65. The Bertz CT molecular complexity index is 490. The second kappa shape index (κ2) is 4.82. The largest absolute Gasteiger partial charge is 0.328 e. The van der Waals surface area contributed by atoms with Crippen LogP contribution < -0.4 is 11.2 Å². The fourth-order valence-electron chi connectivity index (χ4n) is 0.950. The highest BCUT2D eigenvalue weighted by Gasteiger charge is 2.00. The van der Waals surface area contributed by atoms with Gasteiger partial charge in [-0.3, -0.25) is 14.3 Å². The van der Waals surface area contributed by atoms with E-state index in [1.807, 2.05) is 0 Å². The van der Waals surface area contributed by atoms with Gasteiger partial charge in [-0.05, 0) is 22.9 Å². The lowest BCUT2D eigenvalue weighted by Gasteiger charge is -2.01. The summed E-state index contributed by atoms with van der Waals surface area (Å²) in [6.07, 6.45) is 2.06. The van der Waals surface area contributed by atoms with Crippen molar-refractivity contribution < 1.29 is 0 Å². The van der Waals surface area contributed by atoms with Crippen LogP contribution in [0, 0.1) is 11.8 Å². The van der Waals surface area contributed by atoms with Crippen LogP contribution in [0.25, 0.3) is 0 Å². The molecule has 0 saturated carbocycles. The highest BCUT2D eigenvalue weighted by atomic mass is 79.9. The number of aromatic amines is 1. The molecule has 5 heteroatoms. The van der Waals surface area contributed by atoms with E-state index in [9.17, 15) is 9.59 Å². The molecular formula is C9H9BrN2O2. The lowest BCUT2D eigenvalue weighted by Crippen LogP contribution is -2.29. The highest BCUT2D eigenvalue weighted by Crippen LogP contribution is 1.98. The topological polar surface area (TPSA) is 54.9 Å². The van der Waals surface area contributed by atoms with Gasteiger partial charge in [0.25, 0.3) is 5.56 Å². The summed E-state index contributed by atoms with van der Waals surface area (Å²) in [7, 11) is 0. The third kappa shape index (κ3) is 2.60. The predicted molar refractivity (Wildman–Crippen MR) is 57.1 cm³/mol. The van der Waals surface area contributed by atoms with Gasteiger partial charge in [-0.15, -0.1) is 11.8 Å². The van der Waals surface area contributed by atoms with Crippen LogP contribution in [0.5, 0.6) is 0 Å². The average Bonchev–Trinajstić information content (AvgIpc) is 2.14. The van der Waals surface area contributed by atoms with E-state index >= 15 is 0 Å². The van der Waals surface area contributed by atoms with E-state index in [2.05, 4.69) is 32.8 Å². The smallest absolute Gasteiger partial charge is 0.299 e. The minimum Gasteiger partial charge on any atom is -0.299 e. The molecule has 1 aromatic heterocycles. The van der Waals surface area contributed by atoms with Crippen LogP contribution >= 0.6 is 15.9 Å². The number of aryl methyl sites for hydroxylation is 1. The zero-order valence-corrected chi connectivity index (χ0v) is 9.22. The Labute approximate surface area is 89.1 Å². The monoisotopic (exact) mass is 256 g/mol. The van der Waals surface area contributed by atoms with Gasteiger partial charge >= 0.3 is 5.69 Å². The maximum absolute atomic E-state index is 11.2. The number of aromatic nitrogens is 2. The molecule has 0 aliphatic heterocycles. The highest BCUT2D eigenvalue weighted by molar-refractivity contribution is 9.10. The molecule has 4 nitrogen and oxygen atoms in total. The zero-order chi connectivity index (χ0) is 10.6. The van der Waals surface area contributed by atoms with Crippen molar-refractivity contribution in [3.63, 3.8) is 0 Å². The molecule has 0 spiro atoms. The zero-order valence-electron chi connectivity index (χ0n) is 7.63. The molecule has 1 heterocycles. The van der Waals surface area contributed by atoms with Crippen molar-refractivity contribution in [1.29, 1.82) is 0 Å². The first-order valence-electron chi connectivity index (χ1n) is 4.04. The fourth-order valence-corrected chi connectivity index (χ4v) is 1.30. The summed E-state index contributed by atoms with van der Waals surface area (Å²) >= 11 is 3.05. The number of hydrogen-bond acceptors (Lipinski definition) is 2.